The van der Waals surface area contributed by atoms with Crippen molar-refractivity contribution in [2.75, 3.05) is 18.5 Å². The molecule has 0 radical (unpaired) electrons. The van der Waals surface area contributed by atoms with Gasteiger partial charge in [0, 0.05) is 18.7 Å². The molecule has 0 bridgehead atoms. The summed E-state index contributed by atoms with van der Waals surface area (Å²) in [6.07, 6.45) is 0.912. The topological polar surface area (TPSA) is 50.7 Å². The Labute approximate surface area is 124 Å². The Morgan fingerprint density at radius 2 is 1.86 bits per heavy atom. The van der Waals surface area contributed by atoms with Crippen LogP contribution in [0.3, 0.4) is 0 Å². The molecule has 0 atom stereocenters. The SMILES string of the molecule is Cc1cc(O)ccc1NCc1ccc2c(c1)OCCCO2. The Bertz CT molecular complexity index is 640. The highest BCUT2D eigenvalue weighted by Gasteiger charge is 2.10. The van der Waals surface area contributed by atoms with Crippen molar-refractivity contribution >= 4 is 5.69 Å². The van der Waals surface area contributed by atoms with Crippen molar-refractivity contribution < 1.29 is 14.6 Å². The summed E-state index contributed by atoms with van der Waals surface area (Å²) in [6, 6.07) is 11.3. The van der Waals surface area contributed by atoms with E-state index in [1.807, 2.05) is 31.2 Å². The molecular formula is C17H19NO3. The molecule has 0 saturated carbocycles. The first kappa shape index (κ1) is 13.6. The van der Waals surface area contributed by atoms with Crippen molar-refractivity contribution in [1.82, 2.24) is 0 Å². The summed E-state index contributed by atoms with van der Waals surface area (Å²) in [6.45, 7) is 4.07. The van der Waals surface area contributed by atoms with E-state index < -0.39 is 0 Å². The van der Waals surface area contributed by atoms with Crippen molar-refractivity contribution in [3.63, 3.8) is 0 Å². The third kappa shape index (κ3) is 3.21. The van der Waals surface area contributed by atoms with E-state index in [2.05, 4.69) is 5.32 Å². The fraction of sp³-hybridized carbons (Fsp3) is 0.294. The number of aryl methyl sites for hydroxylation is 1. The van der Waals surface area contributed by atoms with Gasteiger partial charge >= 0.3 is 0 Å². The van der Waals surface area contributed by atoms with Crippen molar-refractivity contribution in [2.45, 2.75) is 19.9 Å². The molecule has 1 heterocycles. The first-order valence-corrected chi connectivity index (χ1v) is 7.14. The van der Waals surface area contributed by atoms with Gasteiger partial charge in [0.2, 0.25) is 0 Å². The van der Waals surface area contributed by atoms with Crippen molar-refractivity contribution in [3.8, 4) is 17.2 Å². The van der Waals surface area contributed by atoms with Crippen LogP contribution < -0.4 is 14.8 Å². The zero-order valence-corrected chi connectivity index (χ0v) is 12.1. The molecule has 21 heavy (non-hydrogen) atoms. The molecule has 0 saturated heterocycles. The Balaban J connectivity index is 1.72. The maximum absolute atomic E-state index is 9.42. The van der Waals surface area contributed by atoms with Gasteiger partial charge in [0.05, 0.1) is 13.2 Å². The van der Waals surface area contributed by atoms with E-state index >= 15 is 0 Å². The Morgan fingerprint density at radius 1 is 1.05 bits per heavy atom. The summed E-state index contributed by atoms with van der Waals surface area (Å²) in [4.78, 5) is 0. The quantitative estimate of drug-likeness (QED) is 0.848. The monoisotopic (exact) mass is 285 g/mol. The lowest BCUT2D eigenvalue weighted by molar-refractivity contribution is 0.297. The van der Waals surface area contributed by atoms with E-state index in [0.717, 1.165) is 34.7 Å². The van der Waals surface area contributed by atoms with Crippen molar-refractivity contribution in [3.05, 3.63) is 47.5 Å². The van der Waals surface area contributed by atoms with Crippen LogP contribution in [-0.4, -0.2) is 18.3 Å². The zero-order chi connectivity index (χ0) is 14.7. The van der Waals surface area contributed by atoms with Crippen LogP contribution in [0.25, 0.3) is 0 Å². The molecule has 0 unspecified atom stereocenters. The number of nitrogens with one attached hydrogen (secondary N) is 1. The van der Waals surface area contributed by atoms with Gasteiger partial charge in [-0.25, -0.2) is 0 Å². The fourth-order valence-corrected chi connectivity index (χ4v) is 2.36. The highest BCUT2D eigenvalue weighted by Crippen LogP contribution is 2.30. The molecule has 1 aliphatic heterocycles. The number of aromatic hydroxyl groups is 1. The maximum Gasteiger partial charge on any atom is 0.161 e. The molecule has 0 fully saturated rings. The van der Waals surface area contributed by atoms with Gasteiger partial charge in [-0.05, 0) is 48.4 Å². The number of rotatable bonds is 3. The van der Waals surface area contributed by atoms with Crippen LogP contribution in [0.1, 0.15) is 17.5 Å². The fourth-order valence-electron chi connectivity index (χ4n) is 2.36. The second kappa shape index (κ2) is 5.95. The summed E-state index contributed by atoms with van der Waals surface area (Å²) >= 11 is 0. The molecule has 4 heteroatoms. The number of phenolic OH excluding ortho intramolecular Hbond substituents is 1. The first-order chi connectivity index (χ1) is 10.2. The van der Waals surface area contributed by atoms with Crippen LogP contribution in [-0.2, 0) is 6.54 Å². The molecule has 2 aromatic carbocycles. The van der Waals surface area contributed by atoms with Gasteiger partial charge in [0.15, 0.2) is 11.5 Å². The van der Waals surface area contributed by atoms with Crippen LogP contribution in [0, 0.1) is 6.92 Å². The van der Waals surface area contributed by atoms with E-state index in [9.17, 15) is 5.11 Å². The molecule has 0 aromatic heterocycles. The number of hydrogen-bond acceptors (Lipinski definition) is 4. The van der Waals surface area contributed by atoms with Crippen molar-refractivity contribution in [2.24, 2.45) is 0 Å². The molecule has 4 nitrogen and oxygen atoms in total. The molecule has 2 N–H and O–H groups in total. The first-order valence-electron chi connectivity index (χ1n) is 7.14. The minimum Gasteiger partial charge on any atom is -0.508 e. The largest absolute Gasteiger partial charge is 0.508 e. The molecule has 110 valence electrons. The molecule has 0 amide bonds. The summed E-state index contributed by atoms with van der Waals surface area (Å²) in [7, 11) is 0. The Kier molecular flexibility index (Phi) is 3.86. The van der Waals surface area contributed by atoms with E-state index in [1.54, 1.807) is 12.1 Å². The smallest absolute Gasteiger partial charge is 0.161 e. The number of benzene rings is 2. The van der Waals surface area contributed by atoms with Gasteiger partial charge in [-0.15, -0.1) is 0 Å². The number of fused-ring (bicyclic) bond motifs is 1. The second-order valence-electron chi connectivity index (χ2n) is 5.18. The van der Waals surface area contributed by atoms with Gasteiger partial charge in [0.1, 0.15) is 5.75 Å². The van der Waals surface area contributed by atoms with Gasteiger partial charge in [-0.1, -0.05) is 6.07 Å². The summed E-state index contributed by atoms with van der Waals surface area (Å²) in [5, 5.41) is 12.8. The van der Waals surface area contributed by atoms with Crippen LogP contribution in [0.2, 0.25) is 0 Å². The Morgan fingerprint density at radius 3 is 2.67 bits per heavy atom. The predicted molar refractivity (Wildman–Crippen MR) is 82.2 cm³/mol. The number of phenols is 1. The van der Waals surface area contributed by atoms with Crippen LogP contribution in [0.4, 0.5) is 5.69 Å². The predicted octanol–water partition coefficient (Wildman–Crippen LogP) is 3.47. The van der Waals surface area contributed by atoms with Gasteiger partial charge in [-0.3, -0.25) is 0 Å². The Hall–Kier alpha value is -2.36. The molecule has 3 rings (SSSR count). The normalized spacial score (nSPS) is 13.6. The average molecular weight is 285 g/mol. The number of ether oxygens (including phenoxy) is 2. The van der Waals surface area contributed by atoms with E-state index in [-0.39, 0.29) is 5.75 Å². The number of anilines is 1. The molecule has 0 aliphatic carbocycles. The van der Waals surface area contributed by atoms with E-state index in [4.69, 9.17) is 9.47 Å². The minimum absolute atomic E-state index is 0.286. The highest BCUT2D eigenvalue weighted by molar-refractivity contribution is 5.54. The lowest BCUT2D eigenvalue weighted by Crippen LogP contribution is -2.01. The maximum atomic E-state index is 9.42. The van der Waals surface area contributed by atoms with Crippen LogP contribution in [0.15, 0.2) is 36.4 Å². The van der Waals surface area contributed by atoms with Crippen LogP contribution >= 0.6 is 0 Å². The summed E-state index contributed by atoms with van der Waals surface area (Å²) < 4.78 is 11.3. The standard InChI is InChI=1S/C17H19NO3/c1-12-9-14(19)4-5-15(12)18-11-13-3-6-16-17(10-13)21-8-2-7-20-16/h3-6,9-10,18-19H,2,7-8,11H2,1H3. The average Bonchev–Trinajstić information content (AvgIpc) is 2.71. The highest BCUT2D eigenvalue weighted by atomic mass is 16.5. The molecule has 1 aliphatic rings. The van der Waals surface area contributed by atoms with E-state index in [1.165, 1.54) is 0 Å². The third-order valence-corrected chi connectivity index (χ3v) is 3.50. The summed E-state index contributed by atoms with van der Waals surface area (Å²) in [5.74, 6) is 1.92. The summed E-state index contributed by atoms with van der Waals surface area (Å²) in [5.41, 5.74) is 3.16. The molecule has 2 aromatic rings. The van der Waals surface area contributed by atoms with E-state index in [0.29, 0.717) is 19.8 Å². The van der Waals surface area contributed by atoms with Gasteiger partial charge < -0.3 is 19.9 Å². The van der Waals surface area contributed by atoms with Crippen LogP contribution in [0.5, 0.6) is 17.2 Å². The third-order valence-electron chi connectivity index (χ3n) is 3.50. The second-order valence-corrected chi connectivity index (χ2v) is 5.18. The number of hydrogen-bond donors (Lipinski definition) is 2. The van der Waals surface area contributed by atoms with Gasteiger partial charge in [0.25, 0.3) is 0 Å². The lowest BCUT2D eigenvalue weighted by atomic mass is 10.1. The zero-order valence-electron chi connectivity index (χ0n) is 12.1. The molecular weight excluding hydrogens is 266 g/mol. The van der Waals surface area contributed by atoms with Crippen molar-refractivity contribution in [1.29, 1.82) is 0 Å². The molecule has 0 spiro atoms. The minimum atomic E-state index is 0.286. The lowest BCUT2D eigenvalue weighted by Gasteiger charge is -2.12. The van der Waals surface area contributed by atoms with Gasteiger partial charge in [-0.2, -0.15) is 0 Å².